The molecule has 0 aliphatic carbocycles. The van der Waals surface area contributed by atoms with Gasteiger partial charge in [0.25, 0.3) is 0 Å². The molecule has 0 radical (unpaired) electrons. The molecule has 2 rings (SSSR count). The van der Waals surface area contributed by atoms with E-state index in [-0.39, 0.29) is 5.82 Å². The lowest BCUT2D eigenvalue weighted by atomic mass is 10.2. The van der Waals surface area contributed by atoms with Crippen molar-refractivity contribution in [2.45, 2.75) is 13.8 Å². The Morgan fingerprint density at radius 1 is 1.04 bits per heavy atom. The van der Waals surface area contributed by atoms with Gasteiger partial charge >= 0.3 is 12.0 Å². The molecule has 6 heteroatoms. The molecule has 2 N–H and O–H groups in total. The highest BCUT2D eigenvalue weighted by Crippen LogP contribution is 2.15. The zero-order valence-corrected chi connectivity index (χ0v) is 12.9. The van der Waals surface area contributed by atoms with Crippen molar-refractivity contribution in [1.29, 1.82) is 0 Å². The summed E-state index contributed by atoms with van der Waals surface area (Å²) in [6.07, 6.45) is 0. The van der Waals surface area contributed by atoms with Crippen molar-refractivity contribution in [3.63, 3.8) is 0 Å². The number of amides is 2. The maximum Gasteiger partial charge on any atom is 0.338 e. The summed E-state index contributed by atoms with van der Waals surface area (Å²) >= 11 is 0. The summed E-state index contributed by atoms with van der Waals surface area (Å²) in [7, 11) is 0. The lowest BCUT2D eigenvalue weighted by molar-refractivity contribution is 0.0526. The Balaban J connectivity index is 1.97. The topological polar surface area (TPSA) is 67.4 Å². The van der Waals surface area contributed by atoms with Crippen molar-refractivity contribution in [3.8, 4) is 0 Å². The smallest absolute Gasteiger partial charge is 0.338 e. The Kier molecular flexibility index (Phi) is 5.30. The second kappa shape index (κ2) is 7.40. The normalized spacial score (nSPS) is 10.0. The van der Waals surface area contributed by atoms with E-state index in [2.05, 4.69) is 10.6 Å². The van der Waals surface area contributed by atoms with Crippen LogP contribution >= 0.6 is 0 Å². The molecule has 0 aliphatic heterocycles. The van der Waals surface area contributed by atoms with E-state index in [1.54, 1.807) is 50.2 Å². The van der Waals surface area contributed by atoms with Crippen LogP contribution in [0.1, 0.15) is 22.8 Å². The minimum Gasteiger partial charge on any atom is -0.462 e. The van der Waals surface area contributed by atoms with Crippen molar-refractivity contribution in [1.82, 2.24) is 0 Å². The van der Waals surface area contributed by atoms with Crippen LogP contribution in [-0.4, -0.2) is 18.6 Å². The molecule has 0 fully saturated rings. The summed E-state index contributed by atoms with van der Waals surface area (Å²) in [6.45, 7) is 3.67. The number of benzene rings is 2. The molecule has 0 saturated heterocycles. The van der Waals surface area contributed by atoms with Gasteiger partial charge in [-0.15, -0.1) is 0 Å². The molecule has 0 atom stereocenters. The fourth-order valence-corrected chi connectivity index (χ4v) is 1.87. The first-order chi connectivity index (χ1) is 11.0. The standard InChI is InChI=1S/C17H17FN2O3/c1-3-23-16(21)12-5-8-13(9-6-12)19-17(22)20-14-7-4-11(2)15(18)10-14/h4-10H,3H2,1-2H3,(H2,19,20,22). The number of esters is 1. The highest BCUT2D eigenvalue weighted by Gasteiger charge is 2.08. The number of urea groups is 1. The highest BCUT2D eigenvalue weighted by molar-refractivity contribution is 6.00. The first kappa shape index (κ1) is 16.5. The average molecular weight is 316 g/mol. The molecule has 0 bridgehead atoms. The maximum absolute atomic E-state index is 13.4. The molecule has 5 nitrogen and oxygen atoms in total. The van der Waals surface area contributed by atoms with Gasteiger partial charge in [0.15, 0.2) is 0 Å². The summed E-state index contributed by atoms with van der Waals surface area (Å²) in [5.41, 5.74) is 1.76. The van der Waals surface area contributed by atoms with E-state index < -0.39 is 12.0 Å². The van der Waals surface area contributed by atoms with Gasteiger partial charge in [-0.05, 0) is 55.8 Å². The molecule has 23 heavy (non-hydrogen) atoms. The molecule has 2 aromatic carbocycles. The SMILES string of the molecule is CCOC(=O)c1ccc(NC(=O)Nc2ccc(C)c(F)c2)cc1. The maximum atomic E-state index is 13.4. The van der Waals surface area contributed by atoms with E-state index in [1.807, 2.05) is 0 Å². The zero-order valence-electron chi connectivity index (χ0n) is 12.9. The van der Waals surface area contributed by atoms with Gasteiger partial charge < -0.3 is 15.4 Å². The molecule has 2 aromatic rings. The second-order valence-corrected chi connectivity index (χ2v) is 4.84. The summed E-state index contributed by atoms with van der Waals surface area (Å²) in [4.78, 5) is 23.4. The van der Waals surface area contributed by atoms with Gasteiger partial charge in [0.1, 0.15) is 5.82 Å². The summed E-state index contributed by atoms with van der Waals surface area (Å²) in [5, 5.41) is 5.13. The predicted molar refractivity (Wildman–Crippen MR) is 86.2 cm³/mol. The lowest BCUT2D eigenvalue weighted by Crippen LogP contribution is -2.19. The van der Waals surface area contributed by atoms with Crippen LogP contribution in [0.25, 0.3) is 0 Å². The first-order valence-corrected chi connectivity index (χ1v) is 7.11. The molecular weight excluding hydrogens is 299 g/mol. The molecule has 0 aromatic heterocycles. The summed E-state index contributed by atoms with van der Waals surface area (Å²) < 4.78 is 18.3. The second-order valence-electron chi connectivity index (χ2n) is 4.84. The third-order valence-corrected chi connectivity index (χ3v) is 3.08. The van der Waals surface area contributed by atoms with Gasteiger partial charge in [-0.3, -0.25) is 0 Å². The zero-order chi connectivity index (χ0) is 16.8. The van der Waals surface area contributed by atoms with E-state index >= 15 is 0 Å². The Bertz CT molecular complexity index is 714. The number of halogens is 1. The fourth-order valence-electron chi connectivity index (χ4n) is 1.87. The number of hydrogen-bond acceptors (Lipinski definition) is 3. The van der Waals surface area contributed by atoms with E-state index in [0.717, 1.165) is 0 Å². The number of nitrogens with one attached hydrogen (secondary N) is 2. The summed E-state index contributed by atoms with van der Waals surface area (Å²) in [6, 6.07) is 10.2. The van der Waals surface area contributed by atoms with E-state index in [9.17, 15) is 14.0 Å². The molecule has 120 valence electrons. The third kappa shape index (κ3) is 4.54. The Morgan fingerprint density at radius 2 is 1.65 bits per heavy atom. The lowest BCUT2D eigenvalue weighted by Gasteiger charge is -2.09. The van der Waals surface area contributed by atoms with Crippen molar-refractivity contribution in [2.24, 2.45) is 0 Å². The van der Waals surface area contributed by atoms with Crippen LogP contribution in [0.4, 0.5) is 20.6 Å². The number of ether oxygens (including phenoxy) is 1. The number of rotatable bonds is 4. The number of hydrogen-bond donors (Lipinski definition) is 2. The quantitative estimate of drug-likeness (QED) is 0.839. The number of carbonyl (C=O) groups excluding carboxylic acids is 2. The molecule has 0 unspecified atom stereocenters. The first-order valence-electron chi connectivity index (χ1n) is 7.11. The van der Waals surface area contributed by atoms with Crippen LogP contribution < -0.4 is 10.6 Å². The van der Waals surface area contributed by atoms with Crippen LogP contribution in [0.3, 0.4) is 0 Å². The van der Waals surface area contributed by atoms with E-state index in [0.29, 0.717) is 29.1 Å². The van der Waals surface area contributed by atoms with E-state index in [1.165, 1.54) is 6.07 Å². The molecule has 0 aliphatic rings. The summed E-state index contributed by atoms with van der Waals surface area (Å²) in [5.74, 6) is -0.805. The Morgan fingerprint density at radius 3 is 2.26 bits per heavy atom. The van der Waals surface area contributed by atoms with Crippen LogP contribution in [-0.2, 0) is 4.74 Å². The van der Waals surface area contributed by atoms with Crippen molar-refractivity contribution in [3.05, 3.63) is 59.4 Å². The van der Waals surface area contributed by atoms with Gasteiger partial charge in [0.05, 0.1) is 12.2 Å². The van der Waals surface area contributed by atoms with Crippen LogP contribution in [0.15, 0.2) is 42.5 Å². The molecule has 0 heterocycles. The van der Waals surface area contributed by atoms with E-state index in [4.69, 9.17) is 4.74 Å². The van der Waals surface area contributed by atoms with Gasteiger partial charge in [-0.25, -0.2) is 14.0 Å². The third-order valence-electron chi connectivity index (χ3n) is 3.08. The molecule has 0 spiro atoms. The van der Waals surface area contributed by atoms with Crippen LogP contribution in [0.5, 0.6) is 0 Å². The predicted octanol–water partition coefficient (Wildman–Crippen LogP) is 3.95. The fraction of sp³-hybridized carbons (Fsp3) is 0.176. The number of anilines is 2. The molecule has 0 saturated carbocycles. The van der Waals surface area contributed by atoms with Gasteiger partial charge in [-0.1, -0.05) is 6.07 Å². The number of aryl methyl sites for hydroxylation is 1. The Hall–Kier alpha value is -2.89. The molecular formula is C17H17FN2O3. The monoisotopic (exact) mass is 316 g/mol. The largest absolute Gasteiger partial charge is 0.462 e. The van der Waals surface area contributed by atoms with Gasteiger partial charge in [0, 0.05) is 11.4 Å². The molecule has 2 amide bonds. The van der Waals surface area contributed by atoms with Crippen molar-refractivity contribution >= 4 is 23.4 Å². The van der Waals surface area contributed by atoms with Crippen LogP contribution in [0.2, 0.25) is 0 Å². The van der Waals surface area contributed by atoms with Gasteiger partial charge in [-0.2, -0.15) is 0 Å². The van der Waals surface area contributed by atoms with Crippen LogP contribution in [0, 0.1) is 12.7 Å². The minimum atomic E-state index is -0.503. The minimum absolute atomic E-state index is 0.300. The van der Waals surface area contributed by atoms with Gasteiger partial charge in [0.2, 0.25) is 0 Å². The van der Waals surface area contributed by atoms with Crippen molar-refractivity contribution < 1.29 is 18.7 Å². The van der Waals surface area contributed by atoms with Crippen molar-refractivity contribution in [2.75, 3.05) is 17.2 Å². The average Bonchev–Trinajstić information content (AvgIpc) is 2.52. The Labute approximate surface area is 133 Å². The number of carbonyl (C=O) groups is 2. The highest BCUT2D eigenvalue weighted by atomic mass is 19.1.